The summed E-state index contributed by atoms with van der Waals surface area (Å²) in [5.74, 6) is 0. The third kappa shape index (κ3) is 4.53. The standard InChI is InChI=1S/C19H36P4/c1-6-16-8-2-9-17(7-1)22(16)20-14-5-15-21-23-18-10-3-11-19(23)13-4-12-18/h16-21H,1-15H2. The SMILES string of the molecule is C(CPP1C2CCCC1CCC2)CPP1C2CCCC1CCC2. The Morgan fingerprint density at radius 3 is 1.13 bits per heavy atom. The highest BCUT2D eigenvalue weighted by Gasteiger charge is 2.36. The molecule has 4 heteroatoms. The van der Waals surface area contributed by atoms with E-state index in [0.717, 1.165) is 0 Å². The van der Waals surface area contributed by atoms with Crippen molar-refractivity contribution in [1.29, 1.82) is 0 Å². The largest absolute Gasteiger partial charge is 0.0955 e. The predicted molar refractivity (Wildman–Crippen MR) is 115 cm³/mol. The lowest BCUT2D eigenvalue weighted by molar-refractivity contribution is 0.481. The smallest absolute Gasteiger partial charge is 0.0170 e. The second-order valence-corrected chi connectivity index (χ2v) is 19.5. The van der Waals surface area contributed by atoms with Crippen LogP contribution < -0.4 is 0 Å². The molecular formula is C19H36P4. The van der Waals surface area contributed by atoms with Gasteiger partial charge in [0, 0.05) is 0 Å². The zero-order valence-corrected chi connectivity index (χ0v) is 18.6. The van der Waals surface area contributed by atoms with Crippen molar-refractivity contribution in [1.82, 2.24) is 0 Å². The molecule has 4 aliphatic heterocycles. The molecule has 0 N–H and O–H groups in total. The molecule has 4 rings (SSSR count). The van der Waals surface area contributed by atoms with Crippen LogP contribution in [0.15, 0.2) is 0 Å². The van der Waals surface area contributed by atoms with E-state index in [1.807, 2.05) is 0 Å². The minimum absolute atomic E-state index is 0.486. The Bertz CT molecular complexity index is 296. The molecule has 4 fully saturated rings. The Morgan fingerprint density at radius 1 is 0.522 bits per heavy atom. The number of rotatable bonds is 6. The maximum Gasteiger partial charge on any atom is -0.0170 e. The fourth-order valence-corrected chi connectivity index (χ4v) is 21.8. The molecule has 4 aliphatic rings. The van der Waals surface area contributed by atoms with Crippen molar-refractivity contribution in [2.45, 2.75) is 106 Å². The zero-order valence-electron chi connectivity index (χ0n) is 14.8. The Morgan fingerprint density at radius 2 is 0.826 bits per heavy atom. The van der Waals surface area contributed by atoms with Gasteiger partial charge in [0.15, 0.2) is 0 Å². The van der Waals surface area contributed by atoms with Gasteiger partial charge in [0.2, 0.25) is 0 Å². The van der Waals surface area contributed by atoms with Crippen LogP contribution in [0.1, 0.15) is 83.5 Å². The van der Waals surface area contributed by atoms with Crippen LogP contribution in [0.5, 0.6) is 0 Å². The second kappa shape index (κ2) is 9.08. The summed E-state index contributed by atoms with van der Waals surface area (Å²) in [5, 5.41) is 0. The summed E-state index contributed by atoms with van der Waals surface area (Å²) >= 11 is 0. The van der Waals surface area contributed by atoms with Crippen LogP contribution in [0, 0.1) is 0 Å². The van der Waals surface area contributed by atoms with Crippen LogP contribution in [0.3, 0.4) is 0 Å². The normalized spacial score (nSPS) is 44.3. The van der Waals surface area contributed by atoms with Gasteiger partial charge >= 0.3 is 0 Å². The summed E-state index contributed by atoms with van der Waals surface area (Å²) in [6.45, 7) is 0. The van der Waals surface area contributed by atoms with Crippen molar-refractivity contribution in [2.24, 2.45) is 0 Å². The van der Waals surface area contributed by atoms with E-state index in [9.17, 15) is 0 Å². The van der Waals surface area contributed by atoms with Crippen molar-refractivity contribution in [2.75, 3.05) is 12.3 Å². The van der Waals surface area contributed by atoms with E-state index in [4.69, 9.17) is 0 Å². The molecule has 2 unspecified atom stereocenters. The van der Waals surface area contributed by atoms with Gasteiger partial charge in [-0.25, -0.2) is 0 Å². The van der Waals surface area contributed by atoms with Crippen molar-refractivity contribution in [3.63, 3.8) is 0 Å². The van der Waals surface area contributed by atoms with Gasteiger partial charge in [-0.1, -0.05) is 57.4 Å². The second-order valence-electron chi connectivity index (χ2n) is 8.32. The quantitative estimate of drug-likeness (QED) is 0.322. The van der Waals surface area contributed by atoms with Gasteiger partial charge in [-0.2, -0.15) is 0 Å². The van der Waals surface area contributed by atoms with E-state index in [0.29, 0.717) is 15.2 Å². The fourth-order valence-electron chi connectivity index (χ4n) is 5.66. The molecule has 0 amide bonds. The van der Waals surface area contributed by atoms with Crippen LogP contribution in [-0.2, 0) is 0 Å². The molecule has 4 saturated heterocycles. The maximum absolute atomic E-state index is 1.63. The van der Waals surface area contributed by atoms with E-state index in [1.165, 1.54) is 39.2 Å². The Kier molecular flexibility index (Phi) is 7.15. The molecule has 4 bridgehead atoms. The molecule has 0 aromatic carbocycles. The van der Waals surface area contributed by atoms with Gasteiger partial charge in [-0.15, -0.1) is 0 Å². The number of hydrogen-bond donors (Lipinski definition) is 0. The third-order valence-electron chi connectivity index (χ3n) is 6.81. The Hall–Kier alpha value is 1.72. The van der Waals surface area contributed by atoms with Crippen molar-refractivity contribution < 1.29 is 0 Å². The topological polar surface area (TPSA) is 0 Å². The lowest BCUT2D eigenvalue weighted by Gasteiger charge is -2.43. The van der Waals surface area contributed by atoms with E-state index < -0.39 is 0 Å². The monoisotopic (exact) mass is 388 g/mol. The Labute approximate surface area is 150 Å². The molecule has 0 nitrogen and oxygen atoms in total. The van der Waals surface area contributed by atoms with Crippen LogP contribution in [0.2, 0.25) is 0 Å². The average Bonchev–Trinajstić information content (AvgIpc) is 2.54. The molecule has 0 radical (unpaired) electrons. The highest BCUT2D eigenvalue weighted by Crippen LogP contribution is 2.72. The molecule has 132 valence electrons. The van der Waals surface area contributed by atoms with Crippen LogP contribution in [0.4, 0.5) is 0 Å². The van der Waals surface area contributed by atoms with E-state index in [1.54, 1.807) is 95.8 Å². The molecule has 2 atom stereocenters. The molecule has 0 saturated carbocycles. The first-order valence-corrected chi connectivity index (χ1v) is 17.5. The van der Waals surface area contributed by atoms with Gasteiger partial charge in [0.25, 0.3) is 0 Å². The number of hydrogen-bond acceptors (Lipinski definition) is 0. The molecule has 0 spiro atoms. The molecule has 0 aromatic rings. The van der Waals surface area contributed by atoms with Gasteiger partial charge < -0.3 is 0 Å². The van der Waals surface area contributed by atoms with E-state index >= 15 is 0 Å². The summed E-state index contributed by atoms with van der Waals surface area (Å²) in [5.41, 5.74) is 4.89. The summed E-state index contributed by atoms with van der Waals surface area (Å²) < 4.78 is 0. The lowest BCUT2D eigenvalue weighted by atomic mass is 9.99. The fraction of sp³-hybridized carbons (Fsp3) is 1.00. The lowest BCUT2D eigenvalue weighted by Crippen LogP contribution is -2.24. The highest BCUT2D eigenvalue weighted by atomic mass is 32.1. The zero-order chi connectivity index (χ0) is 15.5. The minimum atomic E-state index is 0.486. The average molecular weight is 388 g/mol. The first-order valence-electron chi connectivity index (χ1n) is 10.5. The van der Waals surface area contributed by atoms with Gasteiger partial charge in [-0.05, 0) is 92.7 Å². The third-order valence-corrected chi connectivity index (χ3v) is 21.8. The molecule has 0 aliphatic carbocycles. The first kappa shape index (κ1) is 18.1. The van der Waals surface area contributed by atoms with Crippen molar-refractivity contribution in [3.05, 3.63) is 0 Å². The van der Waals surface area contributed by atoms with Crippen molar-refractivity contribution in [3.8, 4) is 0 Å². The van der Waals surface area contributed by atoms with Gasteiger partial charge in [0.1, 0.15) is 0 Å². The van der Waals surface area contributed by atoms with E-state index in [2.05, 4.69) is 0 Å². The number of fused-ring (bicyclic) bond motifs is 4. The highest BCUT2D eigenvalue weighted by molar-refractivity contribution is 8.22. The van der Waals surface area contributed by atoms with E-state index in [-0.39, 0.29) is 0 Å². The van der Waals surface area contributed by atoms with Crippen LogP contribution in [-0.4, -0.2) is 35.0 Å². The summed E-state index contributed by atoms with van der Waals surface area (Å²) in [7, 11) is 3.77. The minimum Gasteiger partial charge on any atom is -0.0955 e. The molecule has 4 heterocycles. The first-order chi connectivity index (χ1) is 11.4. The summed E-state index contributed by atoms with van der Waals surface area (Å²) in [6.07, 6.45) is 24.1. The molecular weight excluding hydrogens is 352 g/mol. The molecule has 23 heavy (non-hydrogen) atoms. The maximum atomic E-state index is 1.63. The summed E-state index contributed by atoms with van der Waals surface area (Å²) in [6, 6.07) is 0. The molecule has 0 aromatic heterocycles. The van der Waals surface area contributed by atoms with Gasteiger partial charge in [-0.3, -0.25) is 0 Å². The van der Waals surface area contributed by atoms with Crippen LogP contribution >= 0.6 is 31.8 Å². The Balaban J connectivity index is 1.16. The van der Waals surface area contributed by atoms with Gasteiger partial charge in [0.05, 0.1) is 0 Å². The van der Waals surface area contributed by atoms with Crippen molar-refractivity contribution >= 4 is 31.8 Å². The summed E-state index contributed by atoms with van der Waals surface area (Å²) in [4.78, 5) is 0. The predicted octanol–water partition coefficient (Wildman–Crippen LogP) is 7.74. The van der Waals surface area contributed by atoms with Crippen LogP contribution in [0.25, 0.3) is 0 Å².